The third kappa shape index (κ3) is 5.59. The third-order valence-corrected chi connectivity index (χ3v) is 2.86. The number of amides is 3. The van der Waals surface area contributed by atoms with E-state index in [-0.39, 0.29) is 6.03 Å². The molecule has 0 fully saturated rings. The predicted molar refractivity (Wildman–Crippen MR) is 86.8 cm³/mol. The number of ether oxygens (including phenoxy) is 1. The van der Waals surface area contributed by atoms with Crippen LogP contribution in [0.5, 0.6) is 0 Å². The van der Waals surface area contributed by atoms with Gasteiger partial charge in [-0.2, -0.15) is 4.98 Å². The van der Waals surface area contributed by atoms with Gasteiger partial charge in [-0.25, -0.2) is 9.59 Å². The minimum absolute atomic E-state index is 0.300. The van der Waals surface area contributed by atoms with E-state index in [0.29, 0.717) is 42.7 Å². The van der Waals surface area contributed by atoms with Crippen molar-refractivity contribution in [2.75, 3.05) is 23.8 Å². The largest absolute Gasteiger partial charge is 0.450 e. The minimum atomic E-state index is -0.521. The maximum absolute atomic E-state index is 11.8. The highest BCUT2D eigenvalue weighted by molar-refractivity contribution is 5.90. The van der Waals surface area contributed by atoms with E-state index in [1.807, 2.05) is 0 Å². The first-order valence-corrected chi connectivity index (χ1v) is 7.44. The van der Waals surface area contributed by atoms with Crippen LogP contribution >= 0.6 is 0 Å². The van der Waals surface area contributed by atoms with E-state index >= 15 is 0 Å². The van der Waals surface area contributed by atoms with Crippen LogP contribution in [0.2, 0.25) is 0 Å². The van der Waals surface area contributed by atoms with E-state index < -0.39 is 6.09 Å². The molecule has 0 atom stereocenters. The number of anilines is 2. The number of carbonyl (C=O) groups excluding carboxylic acids is 2. The molecule has 1 aromatic carbocycles. The monoisotopic (exact) mass is 333 g/mol. The number of hydrogen-bond donors (Lipinski definition) is 3. The van der Waals surface area contributed by atoms with E-state index in [1.54, 1.807) is 38.1 Å². The van der Waals surface area contributed by atoms with Crippen molar-refractivity contribution in [3.8, 4) is 0 Å². The van der Waals surface area contributed by atoms with Crippen molar-refractivity contribution in [2.24, 2.45) is 0 Å². The molecule has 0 saturated carbocycles. The lowest BCUT2D eigenvalue weighted by Gasteiger charge is -2.08. The topological polar surface area (TPSA) is 118 Å². The van der Waals surface area contributed by atoms with Gasteiger partial charge in [0.05, 0.1) is 6.61 Å². The highest BCUT2D eigenvalue weighted by atomic mass is 16.5. The Kier molecular flexibility index (Phi) is 6.12. The van der Waals surface area contributed by atoms with Crippen molar-refractivity contribution in [3.05, 3.63) is 36.0 Å². The Balaban J connectivity index is 1.74. The van der Waals surface area contributed by atoms with E-state index in [9.17, 15) is 9.59 Å². The normalized spacial score (nSPS) is 10.1. The first-order chi connectivity index (χ1) is 11.6. The summed E-state index contributed by atoms with van der Waals surface area (Å²) >= 11 is 0. The van der Waals surface area contributed by atoms with Gasteiger partial charge in [0.25, 0.3) is 0 Å². The predicted octanol–water partition coefficient (Wildman–Crippen LogP) is 2.31. The quantitative estimate of drug-likeness (QED) is 0.746. The molecule has 0 saturated heterocycles. The van der Waals surface area contributed by atoms with Crippen LogP contribution in [0.25, 0.3) is 0 Å². The van der Waals surface area contributed by atoms with Gasteiger partial charge in [0.1, 0.15) is 0 Å². The number of hydrogen-bond acceptors (Lipinski definition) is 6. The van der Waals surface area contributed by atoms with Crippen LogP contribution in [0, 0.1) is 6.92 Å². The zero-order valence-corrected chi connectivity index (χ0v) is 13.5. The molecule has 1 aromatic heterocycles. The van der Waals surface area contributed by atoms with Crippen molar-refractivity contribution >= 4 is 23.5 Å². The van der Waals surface area contributed by atoms with Gasteiger partial charge in [-0.05, 0) is 38.1 Å². The average Bonchev–Trinajstić information content (AvgIpc) is 2.95. The molecule has 9 heteroatoms. The molecule has 3 N–H and O–H groups in total. The van der Waals surface area contributed by atoms with Crippen LogP contribution in [-0.4, -0.2) is 35.4 Å². The van der Waals surface area contributed by atoms with Crippen LogP contribution in [0.4, 0.5) is 21.0 Å². The second kappa shape index (κ2) is 8.51. The summed E-state index contributed by atoms with van der Waals surface area (Å²) in [4.78, 5) is 27.1. The molecule has 2 rings (SSSR count). The molecule has 0 unspecified atom stereocenters. The lowest BCUT2D eigenvalue weighted by molar-refractivity contribution is 0.168. The molecule has 24 heavy (non-hydrogen) atoms. The zero-order chi connectivity index (χ0) is 17.4. The molecule has 3 amide bonds. The maximum Gasteiger partial charge on any atom is 0.411 e. The average molecular weight is 333 g/mol. The fraction of sp³-hybridized carbons (Fsp3) is 0.333. The summed E-state index contributed by atoms with van der Waals surface area (Å²) in [7, 11) is 0. The van der Waals surface area contributed by atoms with E-state index in [0.717, 1.165) is 0 Å². The molecule has 0 spiro atoms. The fourth-order valence-electron chi connectivity index (χ4n) is 1.82. The van der Waals surface area contributed by atoms with Gasteiger partial charge < -0.3 is 19.9 Å². The first kappa shape index (κ1) is 17.3. The summed E-state index contributed by atoms with van der Waals surface area (Å²) in [5.41, 5.74) is 1.17. The summed E-state index contributed by atoms with van der Waals surface area (Å²) in [6.45, 7) is 4.13. The lowest BCUT2D eigenvalue weighted by atomic mass is 10.3. The number of carbonyl (C=O) groups is 2. The standard InChI is InChI=1S/C15H19N5O4/c1-3-23-15(22)19-12-6-4-11(5-7-12)18-14(21)16-9-8-13-17-10(2)20-24-13/h4-7H,3,8-9H2,1-2H3,(H,19,22)(H2,16,18,21). The molecule has 9 nitrogen and oxygen atoms in total. The van der Waals surface area contributed by atoms with Gasteiger partial charge in [-0.15, -0.1) is 0 Å². The Bertz CT molecular complexity index is 683. The first-order valence-electron chi connectivity index (χ1n) is 7.44. The van der Waals surface area contributed by atoms with Crippen molar-refractivity contribution < 1.29 is 18.8 Å². The summed E-state index contributed by atoms with van der Waals surface area (Å²) < 4.78 is 9.72. The number of aryl methyl sites for hydroxylation is 1. The van der Waals surface area contributed by atoms with Crippen LogP contribution in [0.1, 0.15) is 18.6 Å². The Morgan fingerprint density at radius 3 is 2.42 bits per heavy atom. The summed E-state index contributed by atoms with van der Waals surface area (Å²) in [5, 5.41) is 11.6. The van der Waals surface area contributed by atoms with Gasteiger partial charge in [0.2, 0.25) is 5.89 Å². The van der Waals surface area contributed by atoms with Gasteiger partial charge in [0, 0.05) is 24.3 Å². The molecule has 0 radical (unpaired) electrons. The summed E-state index contributed by atoms with van der Waals surface area (Å²) in [5.74, 6) is 1.04. The number of nitrogens with one attached hydrogen (secondary N) is 3. The highest BCUT2D eigenvalue weighted by Crippen LogP contribution is 2.13. The number of aromatic nitrogens is 2. The zero-order valence-electron chi connectivity index (χ0n) is 13.5. The maximum atomic E-state index is 11.8. The summed E-state index contributed by atoms with van der Waals surface area (Å²) in [6.07, 6.45) is -0.0661. The summed E-state index contributed by atoms with van der Waals surface area (Å²) in [6, 6.07) is 6.31. The van der Waals surface area contributed by atoms with Crippen molar-refractivity contribution in [1.29, 1.82) is 0 Å². The fourth-order valence-corrected chi connectivity index (χ4v) is 1.82. The Labute approximate surface area is 138 Å². The van der Waals surface area contributed by atoms with Crippen LogP contribution in [0.3, 0.4) is 0 Å². The van der Waals surface area contributed by atoms with Crippen LogP contribution < -0.4 is 16.0 Å². The molecule has 128 valence electrons. The SMILES string of the molecule is CCOC(=O)Nc1ccc(NC(=O)NCCc2nc(C)no2)cc1. The number of rotatable bonds is 6. The number of nitrogens with zero attached hydrogens (tertiary/aromatic N) is 2. The molecule has 0 aliphatic carbocycles. The molecule has 0 bridgehead atoms. The Hall–Kier alpha value is -3.10. The highest BCUT2D eigenvalue weighted by Gasteiger charge is 2.06. The molecule has 2 aromatic rings. The lowest BCUT2D eigenvalue weighted by Crippen LogP contribution is -2.30. The van der Waals surface area contributed by atoms with Gasteiger partial charge in [-0.3, -0.25) is 5.32 Å². The van der Waals surface area contributed by atoms with E-state index in [2.05, 4.69) is 26.1 Å². The second-order valence-corrected chi connectivity index (χ2v) is 4.79. The molecule has 0 aliphatic heterocycles. The smallest absolute Gasteiger partial charge is 0.411 e. The Morgan fingerprint density at radius 2 is 1.83 bits per heavy atom. The Morgan fingerprint density at radius 1 is 1.17 bits per heavy atom. The molecular formula is C15H19N5O4. The van der Waals surface area contributed by atoms with E-state index in [1.165, 1.54) is 0 Å². The second-order valence-electron chi connectivity index (χ2n) is 4.79. The van der Waals surface area contributed by atoms with Gasteiger partial charge >= 0.3 is 12.1 Å². The van der Waals surface area contributed by atoms with Gasteiger partial charge in [-0.1, -0.05) is 5.16 Å². The van der Waals surface area contributed by atoms with Crippen LogP contribution in [-0.2, 0) is 11.2 Å². The van der Waals surface area contributed by atoms with Crippen molar-refractivity contribution in [2.45, 2.75) is 20.3 Å². The number of benzene rings is 1. The molecule has 1 heterocycles. The third-order valence-electron chi connectivity index (χ3n) is 2.86. The minimum Gasteiger partial charge on any atom is -0.450 e. The van der Waals surface area contributed by atoms with E-state index in [4.69, 9.17) is 9.26 Å². The molecular weight excluding hydrogens is 314 g/mol. The van der Waals surface area contributed by atoms with Gasteiger partial charge in [0.15, 0.2) is 5.82 Å². The van der Waals surface area contributed by atoms with Crippen molar-refractivity contribution in [3.63, 3.8) is 0 Å². The number of urea groups is 1. The van der Waals surface area contributed by atoms with Crippen molar-refractivity contribution in [1.82, 2.24) is 15.5 Å². The molecule has 0 aliphatic rings. The van der Waals surface area contributed by atoms with Crippen LogP contribution in [0.15, 0.2) is 28.8 Å².